The Morgan fingerprint density at radius 3 is 1.95 bits per heavy atom. The van der Waals surface area contributed by atoms with Crippen LogP contribution in [0.5, 0.6) is 0 Å². The standard InChI is InChI=1S/C16H15Cl2I/c1-10(2)11-3-5-12(6-4-11)16(18)13-7-8-15(19)14(17)9-13/h3-10,16H,1-2H3. The van der Waals surface area contributed by atoms with Gasteiger partial charge in [-0.2, -0.15) is 0 Å². The summed E-state index contributed by atoms with van der Waals surface area (Å²) in [5, 5.41) is 0.596. The second kappa shape index (κ2) is 6.47. The van der Waals surface area contributed by atoms with Crippen LogP contribution in [0.2, 0.25) is 5.02 Å². The van der Waals surface area contributed by atoms with Crippen LogP contribution in [0.25, 0.3) is 0 Å². The van der Waals surface area contributed by atoms with Crippen LogP contribution in [0.4, 0.5) is 0 Å². The molecule has 0 aliphatic rings. The van der Waals surface area contributed by atoms with E-state index in [2.05, 4.69) is 60.7 Å². The molecule has 0 amide bonds. The highest BCUT2D eigenvalue weighted by atomic mass is 127. The summed E-state index contributed by atoms with van der Waals surface area (Å²) in [6.45, 7) is 4.37. The van der Waals surface area contributed by atoms with Crippen molar-refractivity contribution in [1.82, 2.24) is 0 Å². The van der Waals surface area contributed by atoms with E-state index >= 15 is 0 Å². The summed E-state index contributed by atoms with van der Waals surface area (Å²) in [5.41, 5.74) is 3.46. The van der Waals surface area contributed by atoms with Gasteiger partial charge in [-0.1, -0.05) is 55.8 Å². The molecular formula is C16H15Cl2I. The maximum absolute atomic E-state index is 6.53. The summed E-state index contributed by atoms with van der Waals surface area (Å²) < 4.78 is 1.04. The summed E-state index contributed by atoms with van der Waals surface area (Å²) in [6.07, 6.45) is 0. The van der Waals surface area contributed by atoms with Gasteiger partial charge in [-0.05, 0) is 57.3 Å². The summed E-state index contributed by atoms with van der Waals surface area (Å²) in [7, 11) is 0. The molecule has 0 saturated heterocycles. The summed E-state index contributed by atoms with van der Waals surface area (Å²) in [5.74, 6) is 0.538. The van der Waals surface area contributed by atoms with Gasteiger partial charge in [0.25, 0.3) is 0 Å². The third-order valence-electron chi connectivity index (χ3n) is 3.13. The molecule has 0 aliphatic carbocycles. The van der Waals surface area contributed by atoms with Gasteiger partial charge in [-0.3, -0.25) is 0 Å². The largest absolute Gasteiger partial charge is 0.113 e. The Morgan fingerprint density at radius 2 is 1.42 bits per heavy atom. The van der Waals surface area contributed by atoms with Crippen molar-refractivity contribution in [2.75, 3.05) is 0 Å². The van der Waals surface area contributed by atoms with Crippen LogP contribution < -0.4 is 0 Å². The second-order valence-electron chi connectivity index (χ2n) is 4.86. The number of rotatable bonds is 3. The predicted molar refractivity (Wildman–Crippen MR) is 92.4 cm³/mol. The average molecular weight is 405 g/mol. The molecule has 0 spiro atoms. The molecule has 2 aromatic carbocycles. The van der Waals surface area contributed by atoms with Crippen LogP contribution >= 0.6 is 45.8 Å². The zero-order chi connectivity index (χ0) is 14.0. The fourth-order valence-electron chi connectivity index (χ4n) is 1.91. The van der Waals surface area contributed by atoms with Crippen molar-refractivity contribution < 1.29 is 0 Å². The second-order valence-corrected chi connectivity index (χ2v) is 6.86. The Hall–Kier alpha value is -0.250. The van der Waals surface area contributed by atoms with E-state index in [0.29, 0.717) is 5.92 Å². The first-order valence-electron chi connectivity index (χ1n) is 6.18. The molecule has 2 rings (SSSR count). The zero-order valence-corrected chi connectivity index (χ0v) is 14.5. The van der Waals surface area contributed by atoms with Gasteiger partial charge in [0.05, 0.1) is 10.4 Å². The highest BCUT2D eigenvalue weighted by Crippen LogP contribution is 2.32. The van der Waals surface area contributed by atoms with Crippen LogP contribution in [0.15, 0.2) is 42.5 Å². The Morgan fingerprint density at radius 1 is 0.895 bits per heavy atom. The minimum absolute atomic E-state index is 0.157. The van der Waals surface area contributed by atoms with Crippen molar-refractivity contribution in [1.29, 1.82) is 0 Å². The first kappa shape index (κ1) is 15.1. The van der Waals surface area contributed by atoms with Gasteiger partial charge >= 0.3 is 0 Å². The van der Waals surface area contributed by atoms with Crippen LogP contribution in [-0.2, 0) is 0 Å². The number of hydrogen-bond acceptors (Lipinski definition) is 0. The molecule has 0 aliphatic heterocycles. The first-order chi connectivity index (χ1) is 8.99. The van der Waals surface area contributed by atoms with E-state index in [0.717, 1.165) is 19.7 Å². The van der Waals surface area contributed by atoms with Crippen molar-refractivity contribution in [2.45, 2.75) is 25.1 Å². The third-order valence-corrected chi connectivity index (χ3v) is 5.21. The van der Waals surface area contributed by atoms with E-state index in [9.17, 15) is 0 Å². The van der Waals surface area contributed by atoms with Gasteiger partial charge in [0, 0.05) is 3.57 Å². The van der Waals surface area contributed by atoms with Crippen molar-refractivity contribution in [3.63, 3.8) is 0 Å². The van der Waals surface area contributed by atoms with Crippen molar-refractivity contribution in [2.24, 2.45) is 0 Å². The molecular weight excluding hydrogens is 390 g/mol. The summed E-state index contributed by atoms with van der Waals surface area (Å²) in [6, 6.07) is 14.4. The van der Waals surface area contributed by atoms with E-state index in [4.69, 9.17) is 23.2 Å². The van der Waals surface area contributed by atoms with Crippen LogP contribution in [0.3, 0.4) is 0 Å². The van der Waals surface area contributed by atoms with E-state index in [1.165, 1.54) is 5.56 Å². The first-order valence-corrected chi connectivity index (χ1v) is 8.07. The summed E-state index contributed by atoms with van der Waals surface area (Å²) >= 11 is 14.9. The van der Waals surface area contributed by atoms with Gasteiger partial charge in [0.1, 0.15) is 0 Å². The van der Waals surface area contributed by atoms with Crippen LogP contribution in [0, 0.1) is 3.57 Å². The molecule has 0 fully saturated rings. The van der Waals surface area contributed by atoms with Crippen molar-refractivity contribution in [3.8, 4) is 0 Å². The molecule has 3 heteroatoms. The summed E-state index contributed by atoms with van der Waals surface area (Å²) in [4.78, 5) is 0. The predicted octanol–water partition coefficient (Wildman–Crippen LogP) is 6.40. The van der Waals surface area contributed by atoms with E-state index in [1.54, 1.807) is 0 Å². The molecule has 0 nitrogen and oxygen atoms in total. The molecule has 0 bridgehead atoms. The monoisotopic (exact) mass is 404 g/mol. The molecule has 19 heavy (non-hydrogen) atoms. The molecule has 0 N–H and O–H groups in total. The normalized spacial score (nSPS) is 12.7. The maximum atomic E-state index is 6.53. The maximum Gasteiger partial charge on any atom is 0.0835 e. The van der Waals surface area contributed by atoms with Gasteiger partial charge in [0.15, 0.2) is 0 Å². The molecule has 0 heterocycles. The Kier molecular flexibility index (Phi) is 5.15. The fraction of sp³-hybridized carbons (Fsp3) is 0.250. The quantitative estimate of drug-likeness (QED) is 0.410. The van der Waals surface area contributed by atoms with E-state index < -0.39 is 0 Å². The Balaban J connectivity index is 2.27. The Bertz CT molecular complexity index is 561. The zero-order valence-electron chi connectivity index (χ0n) is 10.8. The molecule has 1 unspecified atom stereocenters. The van der Waals surface area contributed by atoms with Crippen molar-refractivity contribution in [3.05, 3.63) is 67.7 Å². The molecule has 0 saturated carbocycles. The van der Waals surface area contributed by atoms with E-state index in [-0.39, 0.29) is 5.38 Å². The third kappa shape index (κ3) is 3.65. The fourth-order valence-corrected chi connectivity index (χ4v) is 2.72. The highest BCUT2D eigenvalue weighted by Gasteiger charge is 2.12. The van der Waals surface area contributed by atoms with Crippen molar-refractivity contribution >= 4 is 45.8 Å². The van der Waals surface area contributed by atoms with E-state index in [1.807, 2.05) is 18.2 Å². The van der Waals surface area contributed by atoms with Gasteiger partial charge in [0.2, 0.25) is 0 Å². The van der Waals surface area contributed by atoms with Crippen LogP contribution in [-0.4, -0.2) is 0 Å². The molecule has 2 aromatic rings. The molecule has 0 radical (unpaired) electrons. The molecule has 100 valence electrons. The smallest absolute Gasteiger partial charge is 0.0835 e. The lowest BCUT2D eigenvalue weighted by molar-refractivity contribution is 0.865. The minimum Gasteiger partial charge on any atom is -0.113 e. The van der Waals surface area contributed by atoms with Gasteiger partial charge < -0.3 is 0 Å². The number of hydrogen-bond donors (Lipinski definition) is 0. The topological polar surface area (TPSA) is 0 Å². The van der Waals surface area contributed by atoms with Crippen LogP contribution in [0.1, 0.15) is 41.8 Å². The average Bonchev–Trinajstić information content (AvgIpc) is 2.41. The molecule has 1 atom stereocenters. The number of benzene rings is 2. The lowest BCUT2D eigenvalue weighted by Crippen LogP contribution is -1.95. The highest BCUT2D eigenvalue weighted by molar-refractivity contribution is 14.1. The van der Waals surface area contributed by atoms with Gasteiger partial charge in [-0.15, -0.1) is 11.6 Å². The van der Waals surface area contributed by atoms with Gasteiger partial charge in [-0.25, -0.2) is 0 Å². The Labute approximate surface area is 138 Å². The lowest BCUT2D eigenvalue weighted by Gasteiger charge is -2.13. The number of alkyl halides is 1. The minimum atomic E-state index is -0.157. The lowest BCUT2D eigenvalue weighted by atomic mass is 9.98. The number of halogens is 3. The SMILES string of the molecule is CC(C)c1ccc(C(Cl)c2ccc(I)c(Cl)c2)cc1. The molecule has 0 aromatic heterocycles.